The van der Waals surface area contributed by atoms with Crippen molar-refractivity contribution in [1.29, 1.82) is 0 Å². The van der Waals surface area contributed by atoms with Gasteiger partial charge in [-0.05, 0) is 33.6 Å². The van der Waals surface area contributed by atoms with Gasteiger partial charge in [0, 0.05) is 36.1 Å². The van der Waals surface area contributed by atoms with Gasteiger partial charge in [-0.3, -0.25) is 9.59 Å². The number of hydrogen-bond acceptors (Lipinski definition) is 10. The van der Waals surface area contributed by atoms with Crippen molar-refractivity contribution in [2.24, 2.45) is 35.3 Å². The summed E-state index contributed by atoms with van der Waals surface area (Å²) in [4.78, 5) is 26.5. The molecule has 10 heteroatoms. The first-order valence-electron chi connectivity index (χ1n) is 13.6. The number of hydrogen-bond donors (Lipinski definition) is 5. The average Bonchev–Trinajstić information content (AvgIpc) is 2.84. The minimum absolute atomic E-state index is 0.0421. The molecule has 37 heavy (non-hydrogen) atoms. The fourth-order valence-corrected chi connectivity index (χ4v) is 5.88. The molecule has 0 aromatic carbocycles. The number of ether oxygens (including phenoxy) is 3. The highest BCUT2D eigenvalue weighted by Crippen LogP contribution is 2.35. The number of aliphatic hydroxyl groups is 4. The van der Waals surface area contributed by atoms with Crippen LogP contribution in [0.1, 0.15) is 74.7 Å². The molecule has 2 saturated heterocycles. The van der Waals surface area contributed by atoms with Gasteiger partial charge in [0.05, 0.1) is 42.0 Å². The van der Waals surface area contributed by atoms with Crippen LogP contribution >= 0.6 is 0 Å². The number of esters is 1. The van der Waals surface area contributed by atoms with Crippen molar-refractivity contribution in [3.63, 3.8) is 0 Å². The van der Waals surface area contributed by atoms with E-state index in [4.69, 9.17) is 19.9 Å². The maximum absolute atomic E-state index is 13.3. The Balaban J connectivity index is 2.46. The lowest BCUT2D eigenvalue weighted by Crippen LogP contribution is -2.55. The second-order valence-electron chi connectivity index (χ2n) is 11.7. The van der Waals surface area contributed by atoms with Gasteiger partial charge in [0.25, 0.3) is 0 Å². The van der Waals surface area contributed by atoms with Gasteiger partial charge in [0.15, 0.2) is 6.29 Å². The molecule has 0 amide bonds. The van der Waals surface area contributed by atoms with Crippen LogP contribution in [0.5, 0.6) is 0 Å². The van der Waals surface area contributed by atoms with E-state index in [0.717, 1.165) is 0 Å². The highest BCUT2D eigenvalue weighted by atomic mass is 16.7. The topological polar surface area (TPSA) is 169 Å². The Morgan fingerprint density at radius 2 is 1.59 bits per heavy atom. The van der Waals surface area contributed by atoms with E-state index in [1.165, 1.54) is 6.92 Å². The summed E-state index contributed by atoms with van der Waals surface area (Å²) >= 11 is 0. The van der Waals surface area contributed by atoms with Gasteiger partial charge in [-0.25, -0.2) is 0 Å². The zero-order chi connectivity index (χ0) is 28.4. The Hall–Kier alpha value is -1.14. The summed E-state index contributed by atoms with van der Waals surface area (Å²) in [6.07, 6.45) is -5.77. The van der Waals surface area contributed by atoms with Gasteiger partial charge in [0.1, 0.15) is 11.9 Å². The third-order valence-corrected chi connectivity index (χ3v) is 8.54. The zero-order valence-electron chi connectivity index (χ0n) is 23.5. The van der Waals surface area contributed by atoms with Crippen LogP contribution in [0.3, 0.4) is 0 Å². The molecule has 2 rings (SSSR count). The van der Waals surface area contributed by atoms with Gasteiger partial charge < -0.3 is 40.4 Å². The first-order valence-corrected chi connectivity index (χ1v) is 13.6. The van der Waals surface area contributed by atoms with Gasteiger partial charge >= 0.3 is 5.97 Å². The Bertz CT molecular complexity index is 765. The lowest BCUT2D eigenvalue weighted by Gasteiger charge is -2.43. The highest BCUT2D eigenvalue weighted by Gasteiger charge is 2.47. The largest absolute Gasteiger partial charge is 0.462 e. The van der Waals surface area contributed by atoms with E-state index in [1.54, 1.807) is 41.5 Å². The molecule has 0 aromatic rings. The summed E-state index contributed by atoms with van der Waals surface area (Å²) in [5, 5.41) is 43.7. The number of Topliss-reactive ketones (excluding diaryl/α,β-unsaturated/α-hetero) is 1. The van der Waals surface area contributed by atoms with Crippen molar-refractivity contribution in [3.05, 3.63) is 0 Å². The molecule has 2 aliphatic heterocycles. The molecule has 2 heterocycles. The van der Waals surface area contributed by atoms with E-state index in [1.807, 2.05) is 6.92 Å². The summed E-state index contributed by atoms with van der Waals surface area (Å²) in [7, 11) is 0. The van der Waals surface area contributed by atoms with Crippen molar-refractivity contribution >= 4 is 11.8 Å². The third-order valence-electron chi connectivity index (χ3n) is 8.54. The van der Waals surface area contributed by atoms with Crippen LogP contribution in [-0.2, 0) is 23.8 Å². The summed E-state index contributed by atoms with van der Waals surface area (Å²) in [5.41, 5.74) is 4.37. The highest BCUT2D eigenvalue weighted by molar-refractivity contribution is 5.83. The Morgan fingerprint density at radius 3 is 2.14 bits per heavy atom. The van der Waals surface area contributed by atoms with Crippen LogP contribution in [-0.4, -0.2) is 86.7 Å². The molecular weight excluding hydrogens is 482 g/mol. The molecule has 0 bridgehead atoms. The van der Waals surface area contributed by atoms with Crippen molar-refractivity contribution in [3.8, 4) is 0 Å². The van der Waals surface area contributed by atoms with Crippen LogP contribution in [0.4, 0.5) is 0 Å². The van der Waals surface area contributed by atoms with E-state index in [2.05, 4.69) is 0 Å². The summed E-state index contributed by atoms with van der Waals surface area (Å²) in [5.74, 6) is -4.38. The predicted octanol–water partition coefficient (Wildman–Crippen LogP) is 1.14. The van der Waals surface area contributed by atoms with E-state index in [0.29, 0.717) is 6.42 Å². The van der Waals surface area contributed by atoms with Crippen molar-refractivity contribution in [2.45, 2.75) is 129 Å². The summed E-state index contributed by atoms with van der Waals surface area (Å²) < 4.78 is 17.8. The molecule has 0 saturated carbocycles. The van der Waals surface area contributed by atoms with Crippen molar-refractivity contribution in [1.82, 2.24) is 0 Å². The third kappa shape index (κ3) is 7.29. The van der Waals surface area contributed by atoms with E-state index >= 15 is 0 Å². The number of aliphatic hydroxyl groups excluding tert-OH is 3. The smallest absolute Gasteiger partial charge is 0.311 e. The maximum atomic E-state index is 13.3. The number of nitrogens with two attached hydrogens (primary N) is 1. The molecule has 14 atom stereocenters. The van der Waals surface area contributed by atoms with Crippen LogP contribution < -0.4 is 5.73 Å². The van der Waals surface area contributed by atoms with Crippen LogP contribution in [0.2, 0.25) is 0 Å². The molecule has 0 aliphatic carbocycles. The molecule has 0 radical (unpaired) electrons. The number of carbonyl (C=O) groups excluding carboxylic acids is 2. The van der Waals surface area contributed by atoms with E-state index in [9.17, 15) is 30.0 Å². The quantitative estimate of drug-likeness (QED) is 0.333. The normalized spacial score (nSPS) is 49.3. The van der Waals surface area contributed by atoms with Crippen LogP contribution in [0.15, 0.2) is 0 Å². The molecule has 0 spiro atoms. The van der Waals surface area contributed by atoms with E-state index < -0.39 is 90.1 Å². The fourth-order valence-electron chi connectivity index (χ4n) is 5.88. The van der Waals surface area contributed by atoms with Crippen LogP contribution in [0.25, 0.3) is 0 Å². The Labute approximate surface area is 220 Å². The fraction of sp³-hybridized carbons (Fsp3) is 0.926. The van der Waals surface area contributed by atoms with Gasteiger partial charge in [-0.15, -0.1) is 0 Å². The number of rotatable bonds is 3. The molecule has 10 nitrogen and oxygen atoms in total. The summed E-state index contributed by atoms with van der Waals surface area (Å²) in [6.45, 7) is 13.3. The monoisotopic (exact) mass is 531 g/mol. The maximum Gasteiger partial charge on any atom is 0.311 e. The zero-order valence-corrected chi connectivity index (χ0v) is 23.5. The molecule has 6 N–H and O–H groups in total. The number of cyclic esters (lactones) is 1. The number of ketones is 1. The molecular formula is C27H49NO9. The number of carbonyl (C=O) groups is 2. The second-order valence-corrected chi connectivity index (χ2v) is 11.7. The minimum Gasteiger partial charge on any atom is -0.462 e. The molecule has 2 fully saturated rings. The minimum atomic E-state index is -1.70. The summed E-state index contributed by atoms with van der Waals surface area (Å²) in [6, 6.07) is -0.599. The average molecular weight is 532 g/mol. The lowest BCUT2D eigenvalue weighted by molar-refractivity contribution is -0.260. The molecule has 2 aliphatic rings. The van der Waals surface area contributed by atoms with Gasteiger partial charge in [-0.1, -0.05) is 34.6 Å². The molecule has 2 unspecified atom stereocenters. The van der Waals surface area contributed by atoms with Gasteiger partial charge in [-0.2, -0.15) is 0 Å². The van der Waals surface area contributed by atoms with Crippen molar-refractivity contribution in [2.75, 3.05) is 0 Å². The second kappa shape index (κ2) is 12.8. The predicted molar refractivity (Wildman–Crippen MR) is 136 cm³/mol. The molecule has 0 aromatic heterocycles. The van der Waals surface area contributed by atoms with Crippen LogP contribution in [0, 0.1) is 29.6 Å². The first kappa shape index (κ1) is 32.1. The Kier molecular flexibility index (Phi) is 11.1. The van der Waals surface area contributed by atoms with Crippen molar-refractivity contribution < 1.29 is 44.2 Å². The standard InChI is InChI=1S/C27H49NO9/c1-9-19-13(3)22(30)14(4)21(29)12(2)11-27(8,34)25(32)15(5)24(16(6)26(33)36-19)37-20-10-18(28)23(31)17(7)35-20/h12-20,22-25,30-32,34H,9-11,28H2,1-8H3/t12-,13+,14+,15+,16-,17?,18?,19-,20+,22+,23-,24+,25-,27-/m1/s1. The Morgan fingerprint density at radius 1 is 1.00 bits per heavy atom. The first-order chi connectivity index (χ1) is 17.0. The van der Waals surface area contributed by atoms with Gasteiger partial charge in [0.2, 0.25) is 0 Å². The lowest BCUT2D eigenvalue weighted by atomic mass is 9.75. The van der Waals surface area contributed by atoms with E-state index in [-0.39, 0.29) is 18.6 Å². The SMILES string of the molecule is CC[C@H]1OC(=O)[C@H](C)[C@@H](O[C@H]2CC(N)[C@H](O)C(C)O2)[C@H](C)[C@@H](O)[C@](C)(O)C[C@@H](C)C(=O)[C@H](C)[C@@H](O)[C@H]1C. The molecule has 216 valence electrons.